The van der Waals surface area contributed by atoms with Crippen LogP contribution in [0.25, 0.3) is 0 Å². The standard InChI is InChI=1S/C14H12N2O/c1-3-13-10-16(14(17)15-11(13)2)9-12-7-5-4-6-8-12/h1,4-8,10H,2,9H2,(H,15,17). The van der Waals surface area contributed by atoms with Crippen LogP contribution < -0.4 is 5.32 Å². The number of nitrogens with zero attached hydrogens (tertiary/aromatic N) is 1. The summed E-state index contributed by atoms with van der Waals surface area (Å²) in [6.07, 6.45) is 6.98. The molecule has 0 saturated carbocycles. The second kappa shape index (κ2) is 4.58. The van der Waals surface area contributed by atoms with Crippen molar-refractivity contribution >= 4 is 6.03 Å². The third kappa shape index (κ3) is 2.37. The molecule has 2 rings (SSSR count). The zero-order valence-corrected chi connectivity index (χ0v) is 9.31. The van der Waals surface area contributed by atoms with Gasteiger partial charge in [0, 0.05) is 6.20 Å². The molecule has 0 atom stereocenters. The van der Waals surface area contributed by atoms with E-state index in [0.29, 0.717) is 17.8 Å². The predicted octanol–water partition coefficient (Wildman–Crippen LogP) is 2.24. The van der Waals surface area contributed by atoms with Crippen molar-refractivity contribution in [1.82, 2.24) is 10.2 Å². The number of benzene rings is 1. The van der Waals surface area contributed by atoms with Crippen LogP contribution in [0.5, 0.6) is 0 Å². The molecule has 3 nitrogen and oxygen atoms in total. The number of hydrogen-bond acceptors (Lipinski definition) is 1. The Morgan fingerprint density at radius 2 is 2.06 bits per heavy atom. The summed E-state index contributed by atoms with van der Waals surface area (Å²) in [5.41, 5.74) is 2.12. The second-order valence-electron chi connectivity index (χ2n) is 3.71. The molecule has 1 aliphatic rings. The van der Waals surface area contributed by atoms with E-state index in [4.69, 9.17) is 6.42 Å². The summed E-state index contributed by atoms with van der Waals surface area (Å²) >= 11 is 0. The van der Waals surface area contributed by atoms with E-state index < -0.39 is 0 Å². The lowest BCUT2D eigenvalue weighted by molar-refractivity contribution is 0.214. The minimum atomic E-state index is -0.210. The molecule has 1 aromatic rings. The lowest BCUT2D eigenvalue weighted by atomic mass is 10.1. The highest BCUT2D eigenvalue weighted by atomic mass is 16.2. The van der Waals surface area contributed by atoms with Gasteiger partial charge in [0.2, 0.25) is 0 Å². The summed E-state index contributed by atoms with van der Waals surface area (Å²) < 4.78 is 0. The molecule has 0 radical (unpaired) electrons. The maximum atomic E-state index is 11.7. The molecule has 84 valence electrons. The molecule has 0 spiro atoms. The summed E-state index contributed by atoms with van der Waals surface area (Å²) in [6.45, 7) is 4.18. The Labute approximate surface area is 100 Å². The Morgan fingerprint density at radius 1 is 1.35 bits per heavy atom. The average Bonchev–Trinajstić information content (AvgIpc) is 2.34. The smallest absolute Gasteiger partial charge is 0.307 e. The first-order valence-electron chi connectivity index (χ1n) is 5.20. The maximum Gasteiger partial charge on any atom is 0.326 e. The number of amides is 2. The molecule has 2 amide bonds. The Bertz CT molecular complexity index is 523. The first kappa shape index (κ1) is 11.0. The molecule has 0 bridgehead atoms. The van der Waals surface area contributed by atoms with Crippen LogP contribution >= 0.6 is 0 Å². The van der Waals surface area contributed by atoms with Gasteiger partial charge in [-0.15, -0.1) is 6.42 Å². The molecule has 0 unspecified atom stereocenters. The van der Waals surface area contributed by atoms with E-state index in [9.17, 15) is 4.79 Å². The third-order valence-corrected chi connectivity index (χ3v) is 2.48. The SMILES string of the molecule is C#CC1=CN(Cc2ccccc2)C(=O)NC1=C. The van der Waals surface area contributed by atoms with Gasteiger partial charge in [-0.05, 0) is 5.56 Å². The molecule has 1 aliphatic heterocycles. The minimum absolute atomic E-state index is 0.210. The number of carbonyl (C=O) groups excluding carboxylic acids is 1. The molecule has 0 aliphatic carbocycles. The second-order valence-corrected chi connectivity index (χ2v) is 3.71. The fraction of sp³-hybridized carbons (Fsp3) is 0.0714. The van der Waals surface area contributed by atoms with Crippen molar-refractivity contribution in [2.24, 2.45) is 0 Å². The van der Waals surface area contributed by atoms with Gasteiger partial charge in [-0.3, -0.25) is 4.90 Å². The normalized spacial score (nSPS) is 15.0. The summed E-state index contributed by atoms with van der Waals surface area (Å²) in [5, 5.41) is 2.63. The van der Waals surface area contributed by atoms with Crippen molar-refractivity contribution in [3.63, 3.8) is 0 Å². The topological polar surface area (TPSA) is 32.3 Å². The van der Waals surface area contributed by atoms with Crippen LogP contribution in [0.15, 0.2) is 54.4 Å². The van der Waals surface area contributed by atoms with E-state index in [-0.39, 0.29) is 6.03 Å². The quantitative estimate of drug-likeness (QED) is 0.768. The molecular weight excluding hydrogens is 212 g/mol. The van der Waals surface area contributed by atoms with Crippen LogP contribution in [0.4, 0.5) is 4.79 Å². The van der Waals surface area contributed by atoms with Gasteiger partial charge in [-0.2, -0.15) is 0 Å². The van der Waals surface area contributed by atoms with Crippen LogP contribution in [0.3, 0.4) is 0 Å². The lowest BCUT2D eigenvalue weighted by Gasteiger charge is -2.25. The molecule has 0 saturated heterocycles. The first-order valence-corrected chi connectivity index (χ1v) is 5.20. The van der Waals surface area contributed by atoms with Crippen LogP contribution in [-0.2, 0) is 6.54 Å². The lowest BCUT2D eigenvalue weighted by Crippen LogP contribution is -2.39. The molecule has 0 aromatic heterocycles. The molecule has 1 N–H and O–H groups in total. The van der Waals surface area contributed by atoms with Crippen molar-refractivity contribution in [2.75, 3.05) is 0 Å². The van der Waals surface area contributed by atoms with Crippen LogP contribution in [0.2, 0.25) is 0 Å². The van der Waals surface area contributed by atoms with E-state index in [1.165, 1.54) is 0 Å². The number of hydrogen-bond donors (Lipinski definition) is 1. The van der Waals surface area contributed by atoms with E-state index in [1.807, 2.05) is 30.3 Å². The van der Waals surface area contributed by atoms with Crippen molar-refractivity contribution in [2.45, 2.75) is 6.54 Å². The highest BCUT2D eigenvalue weighted by Gasteiger charge is 2.19. The van der Waals surface area contributed by atoms with Crippen LogP contribution in [-0.4, -0.2) is 10.9 Å². The third-order valence-electron chi connectivity index (χ3n) is 2.48. The number of terminal acetylenes is 1. The molecule has 17 heavy (non-hydrogen) atoms. The Morgan fingerprint density at radius 3 is 2.71 bits per heavy atom. The molecule has 1 heterocycles. The highest BCUT2D eigenvalue weighted by molar-refractivity contribution is 5.81. The largest absolute Gasteiger partial charge is 0.326 e. The van der Waals surface area contributed by atoms with E-state index in [0.717, 1.165) is 5.56 Å². The summed E-state index contributed by atoms with van der Waals surface area (Å²) in [6, 6.07) is 9.51. The zero-order chi connectivity index (χ0) is 12.3. The van der Waals surface area contributed by atoms with E-state index in [1.54, 1.807) is 11.1 Å². The zero-order valence-electron chi connectivity index (χ0n) is 9.31. The summed E-state index contributed by atoms with van der Waals surface area (Å²) in [7, 11) is 0. The maximum absolute atomic E-state index is 11.7. The highest BCUT2D eigenvalue weighted by Crippen LogP contribution is 2.15. The summed E-state index contributed by atoms with van der Waals surface area (Å²) in [5.74, 6) is 2.50. The fourth-order valence-corrected chi connectivity index (χ4v) is 1.58. The fourth-order valence-electron chi connectivity index (χ4n) is 1.58. The van der Waals surface area contributed by atoms with Gasteiger partial charge >= 0.3 is 6.03 Å². The molecule has 1 aromatic carbocycles. The van der Waals surface area contributed by atoms with Crippen molar-refractivity contribution in [3.8, 4) is 12.3 Å². The van der Waals surface area contributed by atoms with Crippen molar-refractivity contribution < 1.29 is 4.79 Å². The number of rotatable bonds is 2. The van der Waals surface area contributed by atoms with Crippen LogP contribution in [0.1, 0.15) is 5.56 Å². The molecule has 3 heteroatoms. The van der Waals surface area contributed by atoms with Gasteiger partial charge in [0.05, 0.1) is 17.8 Å². The van der Waals surface area contributed by atoms with Gasteiger partial charge in [-0.1, -0.05) is 42.8 Å². The van der Waals surface area contributed by atoms with E-state index in [2.05, 4.69) is 17.8 Å². The number of carbonyl (C=O) groups is 1. The van der Waals surface area contributed by atoms with Crippen molar-refractivity contribution in [3.05, 3.63) is 59.9 Å². The minimum Gasteiger partial charge on any atom is -0.307 e. The van der Waals surface area contributed by atoms with Gasteiger partial charge in [0.1, 0.15) is 0 Å². The monoisotopic (exact) mass is 224 g/mol. The van der Waals surface area contributed by atoms with Crippen molar-refractivity contribution in [1.29, 1.82) is 0 Å². The van der Waals surface area contributed by atoms with Gasteiger partial charge in [0.15, 0.2) is 0 Å². The Kier molecular flexibility index (Phi) is 2.97. The number of nitrogens with one attached hydrogen (secondary N) is 1. The van der Waals surface area contributed by atoms with Gasteiger partial charge in [-0.25, -0.2) is 4.79 Å². The van der Waals surface area contributed by atoms with Crippen LogP contribution in [0, 0.1) is 12.3 Å². The average molecular weight is 224 g/mol. The Balaban J connectivity index is 2.22. The van der Waals surface area contributed by atoms with E-state index >= 15 is 0 Å². The predicted molar refractivity (Wildman–Crippen MR) is 66.6 cm³/mol. The number of allylic oxidation sites excluding steroid dienone is 1. The summed E-state index contributed by atoms with van der Waals surface area (Å²) in [4.78, 5) is 13.3. The number of urea groups is 1. The van der Waals surface area contributed by atoms with Gasteiger partial charge < -0.3 is 5.32 Å². The van der Waals surface area contributed by atoms with Gasteiger partial charge in [0.25, 0.3) is 0 Å². The first-order chi connectivity index (χ1) is 8.20. The molecular formula is C14H12N2O. The molecule has 0 fully saturated rings. The Hall–Kier alpha value is -2.47.